The molecule has 0 bridgehead atoms. The van der Waals surface area contributed by atoms with Gasteiger partial charge in [0.2, 0.25) is 0 Å². The first-order valence-corrected chi connectivity index (χ1v) is 2.85. The Morgan fingerprint density at radius 3 is 2.62 bits per heavy atom. The van der Waals surface area contributed by atoms with Crippen LogP contribution in [-0.4, -0.2) is 12.1 Å². The Morgan fingerprint density at radius 2 is 2.25 bits per heavy atom. The average Bonchev–Trinajstić information content (AvgIpc) is 1.64. The monoisotopic (exact) mass is 113 g/mol. The molecule has 1 aliphatic rings. The summed E-state index contributed by atoms with van der Waals surface area (Å²) in [7, 11) is 0. The SMILES string of the molecule is C=COC1CC(N)C1. The van der Waals surface area contributed by atoms with E-state index in [0.717, 1.165) is 12.8 Å². The number of rotatable bonds is 2. The van der Waals surface area contributed by atoms with Gasteiger partial charge in [0.05, 0.1) is 6.26 Å². The Morgan fingerprint density at radius 1 is 1.62 bits per heavy atom. The molecule has 0 radical (unpaired) electrons. The van der Waals surface area contributed by atoms with Crippen LogP contribution in [0.3, 0.4) is 0 Å². The molecule has 0 aromatic carbocycles. The predicted molar refractivity (Wildman–Crippen MR) is 32.3 cm³/mol. The summed E-state index contributed by atoms with van der Waals surface area (Å²) in [4.78, 5) is 0. The number of nitrogens with two attached hydrogens (primary N) is 1. The van der Waals surface area contributed by atoms with Crippen molar-refractivity contribution in [1.29, 1.82) is 0 Å². The summed E-state index contributed by atoms with van der Waals surface area (Å²) in [6, 6.07) is 0.375. The van der Waals surface area contributed by atoms with Gasteiger partial charge in [-0.25, -0.2) is 0 Å². The molecular weight excluding hydrogens is 102 g/mol. The van der Waals surface area contributed by atoms with Crippen molar-refractivity contribution in [1.82, 2.24) is 0 Å². The molecule has 0 unspecified atom stereocenters. The minimum atomic E-state index is 0.363. The molecule has 1 rings (SSSR count). The minimum absolute atomic E-state index is 0.363. The maximum absolute atomic E-state index is 5.48. The second kappa shape index (κ2) is 2.18. The Labute approximate surface area is 49.3 Å². The minimum Gasteiger partial charge on any atom is -0.499 e. The van der Waals surface area contributed by atoms with Crippen LogP contribution in [-0.2, 0) is 4.74 Å². The van der Waals surface area contributed by atoms with E-state index >= 15 is 0 Å². The summed E-state index contributed by atoms with van der Waals surface area (Å²) in [5, 5.41) is 0. The molecule has 2 nitrogen and oxygen atoms in total. The second-order valence-electron chi connectivity index (χ2n) is 2.16. The van der Waals surface area contributed by atoms with Crippen molar-refractivity contribution in [2.75, 3.05) is 0 Å². The lowest BCUT2D eigenvalue weighted by Crippen LogP contribution is -2.40. The molecule has 2 N–H and O–H groups in total. The lowest BCUT2D eigenvalue weighted by atomic mass is 9.90. The Kier molecular flexibility index (Phi) is 1.53. The fourth-order valence-corrected chi connectivity index (χ4v) is 0.854. The number of hydrogen-bond acceptors (Lipinski definition) is 2. The highest BCUT2D eigenvalue weighted by Crippen LogP contribution is 2.20. The molecule has 1 aliphatic carbocycles. The summed E-state index contributed by atoms with van der Waals surface area (Å²) in [6.07, 6.45) is 3.83. The molecule has 0 heterocycles. The normalized spacial score (nSPS) is 35.6. The molecule has 0 aromatic rings. The first kappa shape index (κ1) is 5.63. The molecule has 0 saturated heterocycles. The molecule has 2 heteroatoms. The zero-order valence-corrected chi connectivity index (χ0v) is 4.84. The molecular formula is C6H11NO. The smallest absolute Gasteiger partial charge is 0.101 e. The van der Waals surface area contributed by atoms with Gasteiger partial charge in [-0.1, -0.05) is 6.58 Å². The third kappa shape index (κ3) is 1.01. The maximum Gasteiger partial charge on any atom is 0.101 e. The van der Waals surface area contributed by atoms with Crippen molar-refractivity contribution in [2.24, 2.45) is 5.73 Å². The van der Waals surface area contributed by atoms with Crippen molar-refractivity contribution >= 4 is 0 Å². The average molecular weight is 113 g/mol. The highest BCUT2D eigenvalue weighted by molar-refractivity contribution is 4.83. The molecule has 0 spiro atoms. The fraction of sp³-hybridized carbons (Fsp3) is 0.667. The first-order valence-electron chi connectivity index (χ1n) is 2.85. The molecule has 0 aromatic heterocycles. The van der Waals surface area contributed by atoms with Gasteiger partial charge in [-0.15, -0.1) is 0 Å². The van der Waals surface area contributed by atoms with Gasteiger partial charge in [-0.05, 0) is 12.8 Å². The lowest BCUT2D eigenvalue weighted by Gasteiger charge is -2.31. The number of ether oxygens (including phenoxy) is 1. The van der Waals surface area contributed by atoms with Crippen LogP contribution >= 0.6 is 0 Å². The number of hydrogen-bond donors (Lipinski definition) is 1. The van der Waals surface area contributed by atoms with Crippen molar-refractivity contribution in [3.63, 3.8) is 0 Å². The van der Waals surface area contributed by atoms with E-state index in [4.69, 9.17) is 10.5 Å². The van der Waals surface area contributed by atoms with Crippen LogP contribution in [0.4, 0.5) is 0 Å². The van der Waals surface area contributed by atoms with E-state index < -0.39 is 0 Å². The van der Waals surface area contributed by atoms with Gasteiger partial charge in [-0.2, -0.15) is 0 Å². The summed E-state index contributed by atoms with van der Waals surface area (Å²) in [5.74, 6) is 0. The van der Waals surface area contributed by atoms with Gasteiger partial charge in [0.1, 0.15) is 6.10 Å². The third-order valence-corrected chi connectivity index (χ3v) is 1.42. The van der Waals surface area contributed by atoms with E-state index in [1.165, 1.54) is 6.26 Å². The molecule has 46 valence electrons. The summed E-state index contributed by atoms with van der Waals surface area (Å²) < 4.78 is 5.03. The van der Waals surface area contributed by atoms with Crippen LogP contribution in [0.5, 0.6) is 0 Å². The second-order valence-corrected chi connectivity index (χ2v) is 2.16. The Hall–Kier alpha value is -0.500. The fourth-order valence-electron chi connectivity index (χ4n) is 0.854. The molecule has 1 saturated carbocycles. The van der Waals surface area contributed by atoms with E-state index in [1.54, 1.807) is 0 Å². The van der Waals surface area contributed by atoms with Crippen LogP contribution in [0, 0.1) is 0 Å². The summed E-state index contributed by atoms with van der Waals surface area (Å²) >= 11 is 0. The first-order chi connectivity index (χ1) is 3.83. The lowest BCUT2D eigenvalue weighted by molar-refractivity contribution is 0.0587. The molecule has 0 aliphatic heterocycles. The van der Waals surface area contributed by atoms with Crippen LogP contribution in [0.2, 0.25) is 0 Å². The van der Waals surface area contributed by atoms with Gasteiger partial charge in [0, 0.05) is 6.04 Å². The van der Waals surface area contributed by atoms with Crippen LogP contribution < -0.4 is 5.73 Å². The van der Waals surface area contributed by atoms with Crippen LogP contribution in [0.15, 0.2) is 12.8 Å². The van der Waals surface area contributed by atoms with E-state index in [9.17, 15) is 0 Å². The van der Waals surface area contributed by atoms with Crippen LogP contribution in [0.1, 0.15) is 12.8 Å². The van der Waals surface area contributed by atoms with E-state index in [1.807, 2.05) is 0 Å². The molecule has 8 heavy (non-hydrogen) atoms. The zero-order valence-electron chi connectivity index (χ0n) is 4.84. The van der Waals surface area contributed by atoms with Crippen LogP contribution in [0.25, 0.3) is 0 Å². The van der Waals surface area contributed by atoms with Gasteiger partial charge < -0.3 is 10.5 Å². The van der Waals surface area contributed by atoms with Crippen molar-refractivity contribution in [3.8, 4) is 0 Å². The van der Waals surface area contributed by atoms with Gasteiger partial charge in [0.15, 0.2) is 0 Å². The Bertz CT molecular complexity index is 86.5. The van der Waals surface area contributed by atoms with E-state index in [2.05, 4.69) is 6.58 Å². The van der Waals surface area contributed by atoms with Crippen molar-refractivity contribution in [3.05, 3.63) is 12.8 Å². The highest BCUT2D eigenvalue weighted by atomic mass is 16.5. The predicted octanol–water partition coefficient (Wildman–Crippen LogP) is 0.636. The maximum atomic E-state index is 5.48. The topological polar surface area (TPSA) is 35.2 Å². The molecule has 0 atom stereocenters. The molecule has 1 fully saturated rings. The zero-order chi connectivity index (χ0) is 5.98. The van der Waals surface area contributed by atoms with Crippen molar-refractivity contribution < 1.29 is 4.74 Å². The summed E-state index contributed by atoms with van der Waals surface area (Å²) in [5.41, 5.74) is 5.48. The van der Waals surface area contributed by atoms with E-state index in [0.29, 0.717) is 12.1 Å². The van der Waals surface area contributed by atoms with E-state index in [-0.39, 0.29) is 0 Å². The van der Waals surface area contributed by atoms with Gasteiger partial charge in [0.25, 0.3) is 0 Å². The summed E-state index contributed by atoms with van der Waals surface area (Å²) in [6.45, 7) is 3.44. The standard InChI is InChI=1S/C6H11NO/c1-2-8-6-3-5(7)4-6/h2,5-6H,1,3-4,7H2. The Balaban J connectivity index is 2.06. The van der Waals surface area contributed by atoms with Crippen molar-refractivity contribution in [2.45, 2.75) is 25.0 Å². The molecule has 0 amide bonds. The largest absolute Gasteiger partial charge is 0.499 e. The van der Waals surface area contributed by atoms with Gasteiger partial charge >= 0.3 is 0 Å². The third-order valence-electron chi connectivity index (χ3n) is 1.42. The highest BCUT2D eigenvalue weighted by Gasteiger charge is 2.25. The quantitative estimate of drug-likeness (QED) is 0.533. The van der Waals surface area contributed by atoms with Gasteiger partial charge in [-0.3, -0.25) is 0 Å².